The van der Waals surface area contributed by atoms with Crippen LogP contribution in [0.2, 0.25) is 0 Å². The second kappa shape index (κ2) is 6.11. The van der Waals surface area contributed by atoms with Gasteiger partial charge in [0.25, 0.3) is 0 Å². The van der Waals surface area contributed by atoms with E-state index in [0.29, 0.717) is 22.9 Å². The summed E-state index contributed by atoms with van der Waals surface area (Å²) in [5.41, 5.74) is 8.04. The molecule has 3 nitrogen and oxygen atoms in total. The summed E-state index contributed by atoms with van der Waals surface area (Å²) in [6.45, 7) is 0.383. The Morgan fingerprint density at radius 1 is 1.16 bits per heavy atom. The maximum Gasteiger partial charge on any atom is 0.150 e. The minimum atomic E-state index is 0.357. The molecule has 0 atom stereocenters. The van der Waals surface area contributed by atoms with Crippen molar-refractivity contribution in [2.45, 2.75) is 6.61 Å². The van der Waals surface area contributed by atoms with Gasteiger partial charge in [0.1, 0.15) is 23.6 Å². The Kier molecular flexibility index (Phi) is 4.26. The Labute approximate surface area is 117 Å². The zero-order valence-corrected chi connectivity index (χ0v) is 11.0. The standard InChI is InChI=1S/C15H13NO2S/c16-15(19)14-4-2-1-3-12(14)10-18-13-7-5-11(9-17)6-8-13/h1-9H,10H2,(H2,16,19). The van der Waals surface area contributed by atoms with E-state index >= 15 is 0 Å². The third-order valence-corrected chi connectivity index (χ3v) is 2.91. The first-order valence-electron chi connectivity index (χ1n) is 5.76. The number of hydrogen-bond donors (Lipinski definition) is 1. The Balaban J connectivity index is 2.09. The second-order valence-corrected chi connectivity index (χ2v) is 4.44. The molecule has 0 aliphatic heterocycles. The van der Waals surface area contributed by atoms with E-state index in [0.717, 1.165) is 17.4 Å². The van der Waals surface area contributed by atoms with E-state index in [9.17, 15) is 4.79 Å². The zero-order chi connectivity index (χ0) is 13.7. The van der Waals surface area contributed by atoms with Crippen molar-refractivity contribution in [1.82, 2.24) is 0 Å². The number of carbonyl (C=O) groups is 1. The molecule has 0 saturated heterocycles. The Bertz CT molecular complexity index is 593. The molecule has 0 aromatic heterocycles. The molecular weight excluding hydrogens is 258 g/mol. The molecule has 2 rings (SSSR count). The molecule has 2 N–H and O–H groups in total. The number of benzene rings is 2. The summed E-state index contributed by atoms with van der Waals surface area (Å²) in [5, 5.41) is 0. The highest BCUT2D eigenvalue weighted by molar-refractivity contribution is 7.80. The van der Waals surface area contributed by atoms with Gasteiger partial charge in [0, 0.05) is 11.1 Å². The minimum Gasteiger partial charge on any atom is -0.489 e. The largest absolute Gasteiger partial charge is 0.489 e. The lowest BCUT2D eigenvalue weighted by Gasteiger charge is -2.10. The summed E-state index contributed by atoms with van der Waals surface area (Å²) in [7, 11) is 0. The molecule has 0 amide bonds. The SMILES string of the molecule is NC(=S)c1ccccc1COc1ccc(C=O)cc1. The van der Waals surface area contributed by atoms with Gasteiger partial charge in [-0.15, -0.1) is 0 Å². The van der Waals surface area contributed by atoms with Crippen LogP contribution in [0.4, 0.5) is 0 Å². The summed E-state index contributed by atoms with van der Waals surface area (Å²) in [5.74, 6) is 0.698. The van der Waals surface area contributed by atoms with E-state index < -0.39 is 0 Å². The number of rotatable bonds is 5. The van der Waals surface area contributed by atoms with Gasteiger partial charge in [-0.2, -0.15) is 0 Å². The lowest BCUT2D eigenvalue weighted by Crippen LogP contribution is -2.13. The quantitative estimate of drug-likeness (QED) is 0.671. The lowest BCUT2D eigenvalue weighted by atomic mass is 10.1. The predicted molar refractivity (Wildman–Crippen MR) is 78.5 cm³/mol. The Hall–Kier alpha value is -2.20. The molecule has 0 heterocycles. The van der Waals surface area contributed by atoms with Crippen molar-refractivity contribution in [3.8, 4) is 5.75 Å². The molecule has 4 heteroatoms. The van der Waals surface area contributed by atoms with Crippen molar-refractivity contribution in [2.75, 3.05) is 0 Å². The number of hydrogen-bond acceptors (Lipinski definition) is 3. The molecule has 96 valence electrons. The molecule has 2 aromatic carbocycles. The van der Waals surface area contributed by atoms with Crippen molar-refractivity contribution >= 4 is 23.5 Å². The van der Waals surface area contributed by atoms with Crippen LogP contribution in [0.5, 0.6) is 5.75 Å². The maximum atomic E-state index is 10.5. The summed E-state index contributed by atoms with van der Waals surface area (Å²) < 4.78 is 5.65. The van der Waals surface area contributed by atoms with Gasteiger partial charge in [-0.25, -0.2) is 0 Å². The van der Waals surface area contributed by atoms with E-state index in [1.165, 1.54) is 0 Å². The van der Waals surface area contributed by atoms with Crippen LogP contribution in [0.15, 0.2) is 48.5 Å². The molecular formula is C15H13NO2S. The fourth-order valence-electron chi connectivity index (χ4n) is 1.69. The van der Waals surface area contributed by atoms with Crippen LogP contribution in [0, 0.1) is 0 Å². The van der Waals surface area contributed by atoms with Gasteiger partial charge < -0.3 is 10.5 Å². The number of carbonyl (C=O) groups excluding carboxylic acids is 1. The average Bonchev–Trinajstić information content (AvgIpc) is 2.46. The molecule has 0 spiro atoms. The van der Waals surface area contributed by atoms with Crippen LogP contribution >= 0.6 is 12.2 Å². The van der Waals surface area contributed by atoms with Gasteiger partial charge in [0.2, 0.25) is 0 Å². The molecule has 0 bridgehead atoms. The first kappa shape index (κ1) is 13.2. The third kappa shape index (κ3) is 3.39. The molecule has 0 aliphatic rings. The van der Waals surface area contributed by atoms with E-state index in [2.05, 4.69) is 0 Å². The summed E-state index contributed by atoms with van der Waals surface area (Å²) in [4.78, 5) is 10.9. The molecule has 0 unspecified atom stereocenters. The molecule has 0 aliphatic carbocycles. The van der Waals surface area contributed by atoms with Gasteiger partial charge in [-0.3, -0.25) is 4.79 Å². The van der Waals surface area contributed by atoms with Gasteiger partial charge in [-0.05, 0) is 29.8 Å². The van der Waals surface area contributed by atoms with Crippen LogP contribution in [0.1, 0.15) is 21.5 Å². The molecule has 0 saturated carbocycles. The van der Waals surface area contributed by atoms with E-state index in [4.69, 9.17) is 22.7 Å². The van der Waals surface area contributed by atoms with E-state index in [-0.39, 0.29) is 0 Å². The zero-order valence-electron chi connectivity index (χ0n) is 10.2. The third-order valence-electron chi connectivity index (χ3n) is 2.69. The first-order chi connectivity index (χ1) is 9.20. The van der Waals surface area contributed by atoms with E-state index in [1.54, 1.807) is 24.3 Å². The van der Waals surface area contributed by atoms with Gasteiger partial charge in [0.15, 0.2) is 0 Å². The van der Waals surface area contributed by atoms with Crippen molar-refractivity contribution in [3.05, 3.63) is 65.2 Å². The first-order valence-corrected chi connectivity index (χ1v) is 6.17. The van der Waals surface area contributed by atoms with Crippen LogP contribution < -0.4 is 10.5 Å². The normalized spacial score (nSPS) is 9.89. The number of aldehydes is 1. The number of nitrogens with two attached hydrogens (primary N) is 1. The van der Waals surface area contributed by atoms with Gasteiger partial charge in [-0.1, -0.05) is 36.5 Å². The van der Waals surface area contributed by atoms with Crippen molar-refractivity contribution in [1.29, 1.82) is 0 Å². The van der Waals surface area contributed by atoms with Gasteiger partial charge in [0.05, 0.1) is 0 Å². The Morgan fingerprint density at radius 3 is 2.47 bits per heavy atom. The fourth-order valence-corrected chi connectivity index (χ4v) is 1.89. The van der Waals surface area contributed by atoms with E-state index in [1.807, 2.05) is 24.3 Å². The topological polar surface area (TPSA) is 52.3 Å². The molecule has 0 radical (unpaired) electrons. The van der Waals surface area contributed by atoms with Crippen LogP contribution in [0.3, 0.4) is 0 Å². The van der Waals surface area contributed by atoms with Crippen LogP contribution in [-0.4, -0.2) is 11.3 Å². The lowest BCUT2D eigenvalue weighted by molar-refractivity contribution is 0.112. The Morgan fingerprint density at radius 2 is 1.84 bits per heavy atom. The summed E-state index contributed by atoms with van der Waals surface area (Å²) in [6, 6.07) is 14.5. The van der Waals surface area contributed by atoms with Gasteiger partial charge >= 0.3 is 0 Å². The number of ether oxygens (including phenoxy) is 1. The van der Waals surface area contributed by atoms with Crippen LogP contribution in [0.25, 0.3) is 0 Å². The highest BCUT2D eigenvalue weighted by atomic mass is 32.1. The van der Waals surface area contributed by atoms with Crippen LogP contribution in [-0.2, 0) is 6.61 Å². The molecule has 0 fully saturated rings. The molecule has 2 aromatic rings. The number of thiocarbonyl (C=S) groups is 1. The highest BCUT2D eigenvalue weighted by Gasteiger charge is 2.05. The predicted octanol–water partition coefficient (Wildman–Crippen LogP) is 2.71. The van der Waals surface area contributed by atoms with Crippen molar-refractivity contribution < 1.29 is 9.53 Å². The van der Waals surface area contributed by atoms with Crippen molar-refractivity contribution in [2.24, 2.45) is 5.73 Å². The molecule has 19 heavy (non-hydrogen) atoms. The fraction of sp³-hybridized carbons (Fsp3) is 0.0667. The highest BCUT2D eigenvalue weighted by Crippen LogP contribution is 2.15. The maximum absolute atomic E-state index is 10.5. The smallest absolute Gasteiger partial charge is 0.150 e. The minimum absolute atomic E-state index is 0.357. The average molecular weight is 271 g/mol. The summed E-state index contributed by atoms with van der Waals surface area (Å²) in [6.07, 6.45) is 0.798. The summed E-state index contributed by atoms with van der Waals surface area (Å²) >= 11 is 5.00. The van der Waals surface area contributed by atoms with Crippen molar-refractivity contribution in [3.63, 3.8) is 0 Å². The monoisotopic (exact) mass is 271 g/mol. The second-order valence-electron chi connectivity index (χ2n) is 4.00.